The van der Waals surface area contributed by atoms with Crippen molar-refractivity contribution in [2.45, 2.75) is 6.10 Å². The Hall–Kier alpha value is -0.200. The smallest absolute Gasteiger partial charge is 0.104 e. The Morgan fingerprint density at radius 2 is 1.40 bits per heavy atom. The number of nitrogens with one attached hydrogen (secondary N) is 2. The maximum atomic E-state index is 5.40. The molecular weight excluding hydrogens is 196 g/mol. The number of methoxy groups -OCH3 is 1. The minimum Gasteiger partial charge on any atom is -0.377 e. The summed E-state index contributed by atoms with van der Waals surface area (Å²) in [5, 5.41) is 6.03. The third kappa shape index (κ3) is 10.1. The van der Waals surface area contributed by atoms with Gasteiger partial charge in [0, 0.05) is 20.2 Å². The van der Waals surface area contributed by atoms with Crippen LogP contribution in [0.3, 0.4) is 0 Å². The molecule has 5 nitrogen and oxygen atoms in total. The minimum absolute atomic E-state index is 0.0266. The predicted molar refractivity (Wildman–Crippen MR) is 60.3 cm³/mol. The molecule has 92 valence electrons. The van der Waals surface area contributed by atoms with E-state index in [1.54, 1.807) is 7.11 Å². The Balaban J connectivity index is 3.29. The van der Waals surface area contributed by atoms with Crippen molar-refractivity contribution in [1.29, 1.82) is 0 Å². The van der Waals surface area contributed by atoms with E-state index in [1.807, 2.05) is 14.1 Å². The van der Waals surface area contributed by atoms with Crippen molar-refractivity contribution >= 4 is 0 Å². The number of hydrogen-bond donors (Lipinski definition) is 2. The van der Waals surface area contributed by atoms with E-state index >= 15 is 0 Å². The van der Waals surface area contributed by atoms with Crippen LogP contribution >= 0.6 is 0 Å². The van der Waals surface area contributed by atoms with E-state index in [4.69, 9.17) is 14.2 Å². The van der Waals surface area contributed by atoms with E-state index in [-0.39, 0.29) is 6.10 Å². The van der Waals surface area contributed by atoms with Gasteiger partial charge in [-0.05, 0) is 14.1 Å². The molecule has 0 rings (SSSR count). The number of rotatable bonds is 11. The van der Waals surface area contributed by atoms with Crippen molar-refractivity contribution < 1.29 is 14.2 Å². The first-order valence-corrected chi connectivity index (χ1v) is 5.32. The molecule has 0 amide bonds. The van der Waals surface area contributed by atoms with Gasteiger partial charge >= 0.3 is 0 Å². The maximum absolute atomic E-state index is 5.40. The van der Waals surface area contributed by atoms with Crippen LogP contribution in [0.1, 0.15) is 0 Å². The Labute approximate surface area is 92.5 Å². The highest BCUT2D eigenvalue weighted by Gasteiger charge is 2.06. The first-order valence-electron chi connectivity index (χ1n) is 5.32. The van der Waals surface area contributed by atoms with Crippen LogP contribution in [-0.2, 0) is 14.2 Å². The van der Waals surface area contributed by atoms with Gasteiger partial charge in [0.2, 0.25) is 0 Å². The van der Waals surface area contributed by atoms with Gasteiger partial charge in [-0.15, -0.1) is 0 Å². The molecule has 0 aromatic rings. The highest BCUT2D eigenvalue weighted by Crippen LogP contribution is 1.92. The molecule has 0 fully saturated rings. The van der Waals surface area contributed by atoms with Crippen LogP contribution in [0, 0.1) is 0 Å². The highest BCUT2D eigenvalue weighted by molar-refractivity contribution is 4.54. The van der Waals surface area contributed by atoms with Crippen molar-refractivity contribution in [3.8, 4) is 0 Å². The molecule has 15 heavy (non-hydrogen) atoms. The van der Waals surface area contributed by atoms with Crippen molar-refractivity contribution in [2.24, 2.45) is 0 Å². The summed E-state index contributed by atoms with van der Waals surface area (Å²) in [7, 11) is 5.48. The van der Waals surface area contributed by atoms with Gasteiger partial charge in [0.1, 0.15) is 6.10 Å². The molecule has 0 spiro atoms. The van der Waals surface area contributed by atoms with Crippen LogP contribution < -0.4 is 10.6 Å². The van der Waals surface area contributed by atoms with Crippen LogP contribution in [0.25, 0.3) is 0 Å². The van der Waals surface area contributed by atoms with Gasteiger partial charge in [-0.2, -0.15) is 0 Å². The molecule has 0 heterocycles. The Morgan fingerprint density at radius 3 is 1.73 bits per heavy atom. The number of hydrogen-bond acceptors (Lipinski definition) is 5. The van der Waals surface area contributed by atoms with Gasteiger partial charge < -0.3 is 24.8 Å². The second-order valence-corrected chi connectivity index (χ2v) is 3.21. The molecule has 5 heteroatoms. The summed E-state index contributed by atoms with van der Waals surface area (Å²) in [5.74, 6) is 0. The lowest BCUT2D eigenvalue weighted by Gasteiger charge is -2.15. The van der Waals surface area contributed by atoms with Crippen LogP contribution in [0.5, 0.6) is 0 Å². The molecule has 0 aromatic heterocycles. The van der Waals surface area contributed by atoms with Crippen LogP contribution in [0.15, 0.2) is 0 Å². The van der Waals surface area contributed by atoms with Gasteiger partial charge in [-0.25, -0.2) is 0 Å². The van der Waals surface area contributed by atoms with Gasteiger partial charge in [-0.1, -0.05) is 0 Å². The maximum Gasteiger partial charge on any atom is 0.104 e. The third-order valence-electron chi connectivity index (χ3n) is 1.93. The van der Waals surface area contributed by atoms with E-state index in [1.165, 1.54) is 0 Å². The predicted octanol–water partition coefficient (Wildman–Crippen LogP) is -0.527. The summed E-state index contributed by atoms with van der Waals surface area (Å²) in [6.45, 7) is 4.28. The van der Waals surface area contributed by atoms with Gasteiger partial charge in [0.15, 0.2) is 0 Å². The summed E-state index contributed by atoms with van der Waals surface area (Å²) in [6.07, 6.45) is 0.0266. The van der Waals surface area contributed by atoms with Crippen LogP contribution in [0.2, 0.25) is 0 Å². The number of likely N-dealkylation sites (N-methyl/N-ethyl adjacent to an activating group) is 2. The molecule has 0 unspecified atom stereocenters. The van der Waals surface area contributed by atoms with Crippen molar-refractivity contribution in [1.82, 2.24) is 10.6 Å². The third-order valence-corrected chi connectivity index (χ3v) is 1.93. The SMILES string of the molecule is CNCCOCC(COCCNC)OC. The van der Waals surface area contributed by atoms with E-state index in [9.17, 15) is 0 Å². The van der Waals surface area contributed by atoms with Crippen molar-refractivity contribution in [3.05, 3.63) is 0 Å². The normalized spacial score (nSPS) is 11.2. The number of ether oxygens (including phenoxy) is 3. The lowest BCUT2D eigenvalue weighted by Crippen LogP contribution is -2.27. The summed E-state index contributed by atoms with van der Waals surface area (Å²) in [5.41, 5.74) is 0. The summed E-state index contributed by atoms with van der Waals surface area (Å²) < 4.78 is 16.0. The van der Waals surface area contributed by atoms with Gasteiger partial charge in [0.25, 0.3) is 0 Å². The van der Waals surface area contributed by atoms with E-state index in [2.05, 4.69) is 10.6 Å². The average Bonchev–Trinajstić information content (AvgIpc) is 2.27. The molecule has 0 aliphatic carbocycles. The Bertz CT molecular complexity index is 113. The van der Waals surface area contributed by atoms with Crippen LogP contribution in [-0.4, -0.2) is 66.8 Å². The molecule has 0 radical (unpaired) electrons. The van der Waals surface area contributed by atoms with E-state index in [0.717, 1.165) is 13.1 Å². The fourth-order valence-electron chi connectivity index (χ4n) is 0.962. The molecule has 0 aromatic carbocycles. The zero-order valence-electron chi connectivity index (χ0n) is 10.0. The largest absolute Gasteiger partial charge is 0.377 e. The standard InChI is InChI=1S/C10H24N2O3/c1-11-4-6-14-8-10(13-3)9-15-7-5-12-2/h10-12H,4-9H2,1-3H3. The Kier molecular flexibility index (Phi) is 11.7. The van der Waals surface area contributed by atoms with Crippen molar-refractivity contribution in [2.75, 3.05) is 60.7 Å². The monoisotopic (exact) mass is 220 g/mol. The highest BCUT2D eigenvalue weighted by atomic mass is 16.6. The minimum atomic E-state index is 0.0266. The summed E-state index contributed by atoms with van der Waals surface area (Å²) in [6, 6.07) is 0. The molecule has 0 bridgehead atoms. The summed E-state index contributed by atoms with van der Waals surface area (Å²) >= 11 is 0. The molecule has 0 atom stereocenters. The fourth-order valence-corrected chi connectivity index (χ4v) is 0.962. The molecule has 2 N–H and O–H groups in total. The summed E-state index contributed by atoms with van der Waals surface area (Å²) in [4.78, 5) is 0. The second-order valence-electron chi connectivity index (χ2n) is 3.21. The van der Waals surface area contributed by atoms with Crippen LogP contribution in [0.4, 0.5) is 0 Å². The second kappa shape index (κ2) is 11.9. The molecule has 0 aliphatic heterocycles. The Morgan fingerprint density at radius 1 is 0.933 bits per heavy atom. The molecular formula is C10H24N2O3. The zero-order chi connectivity index (χ0) is 11.4. The first kappa shape index (κ1) is 14.8. The zero-order valence-corrected chi connectivity index (χ0v) is 10.0. The molecule has 0 saturated heterocycles. The first-order chi connectivity index (χ1) is 7.35. The fraction of sp³-hybridized carbons (Fsp3) is 1.00. The van der Waals surface area contributed by atoms with Gasteiger partial charge in [0.05, 0.1) is 26.4 Å². The lowest BCUT2D eigenvalue weighted by atomic mass is 10.4. The topological polar surface area (TPSA) is 51.8 Å². The lowest BCUT2D eigenvalue weighted by molar-refractivity contribution is -0.0392. The van der Waals surface area contributed by atoms with E-state index in [0.29, 0.717) is 26.4 Å². The average molecular weight is 220 g/mol. The van der Waals surface area contributed by atoms with Crippen molar-refractivity contribution in [3.63, 3.8) is 0 Å². The molecule has 0 saturated carbocycles. The molecule has 0 aliphatic rings. The van der Waals surface area contributed by atoms with E-state index < -0.39 is 0 Å². The van der Waals surface area contributed by atoms with Gasteiger partial charge in [-0.3, -0.25) is 0 Å². The quantitative estimate of drug-likeness (QED) is 0.459.